The lowest BCUT2D eigenvalue weighted by Gasteiger charge is -2.50. The van der Waals surface area contributed by atoms with Gasteiger partial charge in [-0.3, -0.25) is 19.2 Å². The molecule has 3 aliphatic rings. The molecule has 2 heterocycles. The molecule has 2 saturated heterocycles. The van der Waals surface area contributed by atoms with E-state index < -0.39 is 174 Å². The minimum absolute atomic E-state index is 0.0612. The third kappa shape index (κ3) is 25.7. The van der Waals surface area contributed by atoms with Gasteiger partial charge >= 0.3 is 48.4 Å². The van der Waals surface area contributed by atoms with E-state index in [1.165, 1.54) is 0 Å². The number of esters is 3. The molecule has 0 radical (unpaired) electrons. The van der Waals surface area contributed by atoms with E-state index in [4.69, 9.17) is 56.8 Å². The SMILES string of the molecule is CCC1O[C@H](O[C@@H]2C(N=[N+]=[N-])C(O[C@H]3OC(CNC(=O)OC(C)(C)C)CCC3NC(=O)OC(C)(C)C)[C@H](NC(=O)OC(C)(C)C)C[C@H]2NC(=O)[C@H](CCNC(=O)OC(C)(C)C)OC(C)=O)C(OC(C)=O)[C@@H](NC(=O)OC(C)(C)C)[C@H]1OC(C)=O. The number of nitrogens with one attached hydrogen (secondary N) is 6. The predicted molar refractivity (Wildman–Crippen MR) is 295 cm³/mol. The van der Waals surface area contributed by atoms with E-state index in [0.717, 1.165) is 20.8 Å². The Morgan fingerprint density at radius 3 is 1.48 bits per heavy atom. The summed E-state index contributed by atoms with van der Waals surface area (Å²) in [5, 5.41) is 20.3. The van der Waals surface area contributed by atoms with Crippen molar-refractivity contribution in [1.29, 1.82) is 0 Å². The second-order valence-corrected chi connectivity index (χ2v) is 25.4. The van der Waals surface area contributed by atoms with Crippen molar-refractivity contribution in [3.63, 3.8) is 0 Å². The predicted octanol–water partition coefficient (Wildman–Crippen LogP) is 5.88. The number of rotatable bonds is 19. The third-order valence-corrected chi connectivity index (χ3v) is 11.8. The third-order valence-electron chi connectivity index (χ3n) is 11.8. The highest BCUT2D eigenvalue weighted by atomic mass is 16.7. The summed E-state index contributed by atoms with van der Waals surface area (Å²) in [6, 6.07) is -7.18. The van der Waals surface area contributed by atoms with E-state index in [1.807, 2.05) is 0 Å². The number of ether oxygens (including phenoxy) is 12. The molecule has 0 aromatic rings. The van der Waals surface area contributed by atoms with Crippen LogP contribution >= 0.6 is 0 Å². The van der Waals surface area contributed by atoms with Crippen LogP contribution in [0, 0.1) is 0 Å². The summed E-state index contributed by atoms with van der Waals surface area (Å²) in [7, 11) is 0. The van der Waals surface area contributed by atoms with Crippen molar-refractivity contribution in [2.75, 3.05) is 13.1 Å². The molecule has 0 aromatic carbocycles. The van der Waals surface area contributed by atoms with Gasteiger partial charge in [-0.25, -0.2) is 24.0 Å². The van der Waals surface area contributed by atoms with Crippen LogP contribution in [0.4, 0.5) is 24.0 Å². The van der Waals surface area contributed by atoms with E-state index in [9.17, 15) is 48.7 Å². The molecule has 3 rings (SSSR count). The number of alkyl carbamates (subject to hydrolysis) is 5. The molecule has 84 heavy (non-hydrogen) atoms. The minimum Gasteiger partial charge on any atom is -0.457 e. The van der Waals surface area contributed by atoms with Gasteiger partial charge in [0.2, 0.25) is 0 Å². The van der Waals surface area contributed by atoms with Gasteiger partial charge in [-0.15, -0.1) is 0 Å². The highest BCUT2D eigenvalue weighted by Crippen LogP contribution is 2.37. The van der Waals surface area contributed by atoms with E-state index in [2.05, 4.69) is 41.9 Å². The van der Waals surface area contributed by atoms with Gasteiger partial charge in [0.15, 0.2) is 30.9 Å². The van der Waals surface area contributed by atoms with Gasteiger partial charge in [0.1, 0.15) is 34.0 Å². The molecule has 14 atom stereocenters. The molecule has 0 bridgehead atoms. The molecule has 6 unspecified atom stereocenters. The van der Waals surface area contributed by atoms with Crippen molar-refractivity contribution in [3.05, 3.63) is 10.4 Å². The fourth-order valence-electron chi connectivity index (χ4n) is 9.00. The van der Waals surface area contributed by atoms with E-state index >= 15 is 0 Å². The topological polar surface area (TPSA) is 385 Å². The Morgan fingerprint density at radius 1 is 0.548 bits per heavy atom. The minimum atomic E-state index is -1.83. The van der Waals surface area contributed by atoms with Crippen LogP contribution in [-0.2, 0) is 76.0 Å². The largest absolute Gasteiger partial charge is 0.457 e. The fraction of sp³-hybridized carbons (Fsp3) is 0.833. The Labute approximate surface area is 490 Å². The van der Waals surface area contributed by atoms with Crippen molar-refractivity contribution in [1.82, 2.24) is 31.9 Å². The first-order valence-corrected chi connectivity index (χ1v) is 28.0. The fourth-order valence-corrected chi connectivity index (χ4v) is 9.00. The van der Waals surface area contributed by atoms with Gasteiger partial charge in [-0.1, -0.05) is 12.0 Å². The van der Waals surface area contributed by atoms with Crippen LogP contribution in [0.25, 0.3) is 10.4 Å². The standard InChI is InChI=1S/C54H91N9O21/c1-20-34-40(74-28(3)65)36(61-49(72)84-54(17,18)19)41(75-29(4)66)44(77-34)79-38-32(58-42(67)35(73-27(2)64)23-24-56-45(68)80-50(5,6)7)25-33(60-48(71)83-53(14,15)16)39(37(38)62-63-55)78-43-31(59-47(70)82-52(11,12)13)22-21-30(76-43)26-57-46(69)81-51(8,9)10/h30-41,43-44H,20-26H2,1-19H3,(H,56,68)(H,57,69)(H,58,67)(H,59,70)(H,60,71)(H,61,72)/t30?,31?,32-,33-,34?,35+,36+,37?,38+,39?,40+,41?,43-,44-/m1/s1. The first kappa shape index (κ1) is 71.6. The molecular weight excluding hydrogens is 1110 g/mol. The molecule has 478 valence electrons. The summed E-state index contributed by atoms with van der Waals surface area (Å²) in [6.07, 6.45) is -18.3. The van der Waals surface area contributed by atoms with Crippen LogP contribution in [0.3, 0.4) is 0 Å². The average Bonchev–Trinajstić information content (AvgIpc) is 3.39. The van der Waals surface area contributed by atoms with Gasteiger partial charge < -0.3 is 88.7 Å². The monoisotopic (exact) mass is 1200 g/mol. The van der Waals surface area contributed by atoms with Crippen molar-refractivity contribution in [2.24, 2.45) is 5.11 Å². The molecule has 2 aliphatic heterocycles. The summed E-state index contributed by atoms with van der Waals surface area (Å²) in [5.41, 5.74) is 5.69. The smallest absolute Gasteiger partial charge is 0.408 e. The number of carbonyl (C=O) groups is 9. The summed E-state index contributed by atoms with van der Waals surface area (Å²) in [6.45, 7) is 29.0. The number of azide groups is 1. The zero-order chi connectivity index (χ0) is 63.9. The van der Waals surface area contributed by atoms with Crippen LogP contribution in [0.5, 0.6) is 0 Å². The normalized spacial score (nSPS) is 26.8. The van der Waals surface area contributed by atoms with Crippen LogP contribution in [0.1, 0.15) is 164 Å². The van der Waals surface area contributed by atoms with Crippen molar-refractivity contribution in [3.8, 4) is 0 Å². The summed E-state index contributed by atoms with van der Waals surface area (Å²) >= 11 is 0. The zero-order valence-corrected chi connectivity index (χ0v) is 51.9. The molecule has 30 heteroatoms. The number of hydrogen-bond acceptors (Lipinski definition) is 22. The molecule has 1 aliphatic carbocycles. The Hall–Kier alpha value is -6.62. The highest BCUT2D eigenvalue weighted by molar-refractivity contribution is 5.84. The van der Waals surface area contributed by atoms with Gasteiger partial charge in [0.05, 0.1) is 48.6 Å². The second kappa shape index (κ2) is 30.5. The van der Waals surface area contributed by atoms with Gasteiger partial charge in [-0.2, -0.15) is 0 Å². The maximum atomic E-state index is 14.7. The molecule has 0 spiro atoms. The van der Waals surface area contributed by atoms with Crippen molar-refractivity contribution < 1.29 is 100.0 Å². The lowest BCUT2D eigenvalue weighted by Crippen LogP contribution is -2.70. The number of carbonyl (C=O) groups excluding carboxylic acids is 9. The van der Waals surface area contributed by atoms with Gasteiger partial charge in [0, 0.05) is 45.2 Å². The average molecular weight is 1200 g/mol. The molecule has 30 nitrogen and oxygen atoms in total. The number of amides is 6. The maximum Gasteiger partial charge on any atom is 0.408 e. The van der Waals surface area contributed by atoms with Crippen LogP contribution in [0.15, 0.2) is 5.11 Å². The lowest BCUT2D eigenvalue weighted by molar-refractivity contribution is -0.304. The summed E-state index contributed by atoms with van der Waals surface area (Å²) in [5.74, 6) is -3.64. The van der Waals surface area contributed by atoms with E-state index in [1.54, 1.807) is 111 Å². The van der Waals surface area contributed by atoms with E-state index in [0.29, 0.717) is 0 Å². The molecule has 6 amide bonds. The Morgan fingerprint density at radius 2 is 1.00 bits per heavy atom. The number of hydrogen-bond donors (Lipinski definition) is 6. The van der Waals surface area contributed by atoms with Crippen molar-refractivity contribution in [2.45, 2.75) is 277 Å². The summed E-state index contributed by atoms with van der Waals surface area (Å²) in [4.78, 5) is 123. The van der Waals surface area contributed by atoms with Gasteiger partial charge in [-0.05, 0) is 135 Å². The second-order valence-electron chi connectivity index (χ2n) is 25.4. The zero-order valence-electron chi connectivity index (χ0n) is 51.9. The molecular formula is C54H91N9O21. The Kier molecular flexibility index (Phi) is 26.0. The lowest BCUT2D eigenvalue weighted by atomic mass is 9.81. The number of nitrogens with zero attached hydrogens (tertiary/aromatic N) is 3. The van der Waals surface area contributed by atoms with Crippen LogP contribution < -0.4 is 31.9 Å². The highest BCUT2D eigenvalue weighted by Gasteiger charge is 2.56. The Bertz CT molecular complexity index is 2340. The molecule has 3 fully saturated rings. The summed E-state index contributed by atoms with van der Waals surface area (Å²) < 4.78 is 71.4. The Balaban J connectivity index is 2.39. The van der Waals surface area contributed by atoms with Gasteiger partial charge in [0.25, 0.3) is 5.91 Å². The molecule has 0 aromatic heterocycles. The molecule has 1 saturated carbocycles. The molecule has 6 N–H and O–H groups in total. The van der Waals surface area contributed by atoms with Crippen LogP contribution in [0.2, 0.25) is 0 Å². The quantitative estimate of drug-likeness (QED) is 0.0289. The first-order chi connectivity index (χ1) is 38.5. The van der Waals surface area contributed by atoms with Crippen molar-refractivity contribution >= 4 is 54.3 Å². The maximum absolute atomic E-state index is 14.7. The first-order valence-electron chi connectivity index (χ1n) is 28.0. The van der Waals surface area contributed by atoms with E-state index in [-0.39, 0.29) is 38.8 Å². The van der Waals surface area contributed by atoms with Crippen LogP contribution in [-0.4, -0.2) is 181 Å².